The fraction of sp³-hybridized carbons (Fsp3) is 0.267. The van der Waals surface area contributed by atoms with Crippen molar-refractivity contribution in [2.75, 3.05) is 0 Å². The maximum Gasteiger partial charge on any atom is 0.155 e. The number of halogens is 1. The van der Waals surface area contributed by atoms with Crippen molar-refractivity contribution in [3.05, 3.63) is 58.3 Å². The third-order valence-electron chi connectivity index (χ3n) is 2.80. The van der Waals surface area contributed by atoms with Gasteiger partial charge in [0.1, 0.15) is 5.38 Å². The fourth-order valence-corrected chi connectivity index (χ4v) is 2.83. The van der Waals surface area contributed by atoms with E-state index in [0.29, 0.717) is 6.42 Å². The molecule has 1 nitrogen and oxygen atoms in total. The van der Waals surface area contributed by atoms with E-state index in [2.05, 4.69) is 11.4 Å². The molecule has 2 aromatic rings. The molecule has 1 atom stereocenters. The van der Waals surface area contributed by atoms with E-state index in [1.807, 2.05) is 36.4 Å². The van der Waals surface area contributed by atoms with Crippen LogP contribution in [0.25, 0.3) is 0 Å². The molecular formula is C15H15ClOS. The van der Waals surface area contributed by atoms with Crippen LogP contribution in [0.4, 0.5) is 0 Å². The van der Waals surface area contributed by atoms with Crippen LogP contribution in [-0.2, 0) is 11.2 Å². The lowest BCUT2D eigenvalue weighted by atomic mass is 10.0. The molecule has 0 aliphatic rings. The van der Waals surface area contributed by atoms with E-state index in [9.17, 15) is 4.79 Å². The highest BCUT2D eigenvalue weighted by Crippen LogP contribution is 2.23. The summed E-state index contributed by atoms with van der Waals surface area (Å²) in [4.78, 5) is 13.3. The number of Topliss-reactive ketones (excluding diaryl/α,β-unsaturated/α-hetero) is 1. The SMILES string of the molecule is O=C(CCCc1cccs1)C(Cl)c1ccccc1. The summed E-state index contributed by atoms with van der Waals surface area (Å²) in [6.07, 6.45) is 2.37. The van der Waals surface area contributed by atoms with Crippen LogP contribution in [0.2, 0.25) is 0 Å². The van der Waals surface area contributed by atoms with Gasteiger partial charge in [-0.3, -0.25) is 4.79 Å². The molecule has 0 spiro atoms. The summed E-state index contributed by atoms with van der Waals surface area (Å²) in [5, 5.41) is 1.56. The highest BCUT2D eigenvalue weighted by molar-refractivity contribution is 7.09. The lowest BCUT2D eigenvalue weighted by Crippen LogP contribution is -2.06. The maximum atomic E-state index is 11.9. The molecule has 0 bridgehead atoms. The summed E-state index contributed by atoms with van der Waals surface area (Å²) in [6.45, 7) is 0. The molecule has 1 heterocycles. The van der Waals surface area contributed by atoms with Crippen molar-refractivity contribution in [2.24, 2.45) is 0 Å². The molecule has 0 amide bonds. The summed E-state index contributed by atoms with van der Waals surface area (Å²) < 4.78 is 0. The lowest BCUT2D eigenvalue weighted by Gasteiger charge is -2.08. The minimum Gasteiger partial charge on any atom is -0.298 e. The summed E-state index contributed by atoms with van der Waals surface area (Å²) in [6, 6.07) is 13.7. The van der Waals surface area contributed by atoms with Gasteiger partial charge in [-0.05, 0) is 29.9 Å². The number of rotatable bonds is 6. The van der Waals surface area contributed by atoms with Gasteiger partial charge in [-0.25, -0.2) is 0 Å². The fourth-order valence-electron chi connectivity index (χ4n) is 1.83. The number of carbonyl (C=O) groups excluding carboxylic acids is 1. The minimum absolute atomic E-state index is 0.111. The molecule has 1 unspecified atom stereocenters. The number of hydrogen-bond acceptors (Lipinski definition) is 2. The second kappa shape index (κ2) is 6.72. The average molecular weight is 279 g/mol. The zero-order chi connectivity index (χ0) is 12.8. The molecule has 0 saturated carbocycles. The number of carbonyl (C=O) groups is 1. The van der Waals surface area contributed by atoms with Crippen LogP contribution in [0.5, 0.6) is 0 Å². The number of alkyl halides is 1. The van der Waals surface area contributed by atoms with Gasteiger partial charge in [0.25, 0.3) is 0 Å². The topological polar surface area (TPSA) is 17.1 Å². The largest absolute Gasteiger partial charge is 0.298 e. The number of aryl methyl sites for hydroxylation is 1. The van der Waals surface area contributed by atoms with Gasteiger partial charge < -0.3 is 0 Å². The molecule has 1 aromatic carbocycles. The Balaban J connectivity index is 1.81. The number of thiophene rings is 1. The molecular weight excluding hydrogens is 264 g/mol. The van der Waals surface area contributed by atoms with Crippen LogP contribution >= 0.6 is 22.9 Å². The van der Waals surface area contributed by atoms with Crippen molar-refractivity contribution in [3.63, 3.8) is 0 Å². The highest BCUT2D eigenvalue weighted by atomic mass is 35.5. The summed E-state index contributed by atoms with van der Waals surface area (Å²) in [7, 11) is 0. The zero-order valence-corrected chi connectivity index (χ0v) is 11.6. The van der Waals surface area contributed by atoms with Gasteiger partial charge in [0.05, 0.1) is 0 Å². The maximum absolute atomic E-state index is 11.9. The Hall–Kier alpha value is -1.12. The second-order valence-corrected chi connectivity index (χ2v) is 5.64. The monoisotopic (exact) mass is 278 g/mol. The first kappa shape index (κ1) is 13.3. The molecule has 0 aliphatic heterocycles. The lowest BCUT2D eigenvalue weighted by molar-refractivity contribution is -0.118. The van der Waals surface area contributed by atoms with Crippen molar-refractivity contribution in [1.82, 2.24) is 0 Å². The third-order valence-corrected chi connectivity index (χ3v) is 4.23. The van der Waals surface area contributed by atoms with Crippen LogP contribution in [0.1, 0.15) is 28.7 Å². The van der Waals surface area contributed by atoms with Crippen molar-refractivity contribution in [2.45, 2.75) is 24.6 Å². The first-order valence-corrected chi connectivity index (χ1v) is 7.33. The van der Waals surface area contributed by atoms with Crippen LogP contribution in [0, 0.1) is 0 Å². The normalized spacial score (nSPS) is 12.3. The number of benzene rings is 1. The smallest absolute Gasteiger partial charge is 0.155 e. The van der Waals surface area contributed by atoms with Crippen molar-refractivity contribution in [3.8, 4) is 0 Å². The molecule has 3 heteroatoms. The highest BCUT2D eigenvalue weighted by Gasteiger charge is 2.16. The molecule has 94 valence electrons. The van der Waals surface area contributed by atoms with Crippen molar-refractivity contribution in [1.29, 1.82) is 0 Å². The van der Waals surface area contributed by atoms with E-state index >= 15 is 0 Å². The molecule has 0 saturated heterocycles. The first-order chi connectivity index (χ1) is 8.77. The van der Waals surface area contributed by atoms with Gasteiger partial charge in [0, 0.05) is 11.3 Å². The van der Waals surface area contributed by atoms with E-state index in [4.69, 9.17) is 11.6 Å². The van der Waals surface area contributed by atoms with Crippen LogP contribution < -0.4 is 0 Å². The van der Waals surface area contributed by atoms with Gasteiger partial charge in [-0.15, -0.1) is 22.9 Å². The molecule has 1 aromatic heterocycles. The molecule has 0 fully saturated rings. The Bertz CT molecular complexity index is 478. The zero-order valence-electron chi connectivity index (χ0n) is 10.0. The van der Waals surface area contributed by atoms with Crippen LogP contribution in [-0.4, -0.2) is 5.78 Å². The van der Waals surface area contributed by atoms with Crippen molar-refractivity contribution < 1.29 is 4.79 Å². The van der Waals surface area contributed by atoms with Gasteiger partial charge in [-0.1, -0.05) is 36.4 Å². The molecule has 2 rings (SSSR count). The quantitative estimate of drug-likeness (QED) is 0.705. The van der Waals surface area contributed by atoms with E-state index in [-0.39, 0.29) is 5.78 Å². The molecule has 0 N–H and O–H groups in total. The van der Waals surface area contributed by atoms with Crippen LogP contribution in [0.15, 0.2) is 47.8 Å². The van der Waals surface area contributed by atoms with E-state index < -0.39 is 5.38 Å². The Kier molecular flexibility index (Phi) is 4.97. The standard InChI is InChI=1S/C15H15ClOS/c16-15(12-6-2-1-3-7-12)14(17)10-4-8-13-9-5-11-18-13/h1-3,5-7,9,11,15H,4,8,10H2. The van der Waals surface area contributed by atoms with Crippen molar-refractivity contribution >= 4 is 28.7 Å². The summed E-state index contributed by atoms with van der Waals surface area (Å²) >= 11 is 7.91. The Morgan fingerprint density at radius 1 is 1.17 bits per heavy atom. The predicted molar refractivity (Wildman–Crippen MR) is 77.3 cm³/mol. The van der Waals surface area contributed by atoms with E-state index in [0.717, 1.165) is 18.4 Å². The van der Waals surface area contributed by atoms with E-state index in [1.165, 1.54) is 4.88 Å². The van der Waals surface area contributed by atoms with Crippen LogP contribution in [0.3, 0.4) is 0 Å². The van der Waals surface area contributed by atoms with Gasteiger partial charge >= 0.3 is 0 Å². The Morgan fingerprint density at radius 2 is 1.94 bits per heavy atom. The van der Waals surface area contributed by atoms with E-state index in [1.54, 1.807) is 11.3 Å². The molecule has 18 heavy (non-hydrogen) atoms. The molecule has 0 radical (unpaired) electrons. The minimum atomic E-state index is -0.505. The first-order valence-electron chi connectivity index (χ1n) is 6.01. The summed E-state index contributed by atoms with van der Waals surface area (Å²) in [5.41, 5.74) is 0.889. The predicted octanol–water partition coefficient (Wildman–Crippen LogP) is 4.62. The average Bonchev–Trinajstić information content (AvgIpc) is 2.92. The van der Waals surface area contributed by atoms with Gasteiger partial charge in [0.2, 0.25) is 0 Å². The Labute approximate surface area is 116 Å². The number of ketones is 1. The number of hydrogen-bond donors (Lipinski definition) is 0. The Morgan fingerprint density at radius 3 is 2.61 bits per heavy atom. The van der Waals surface area contributed by atoms with Gasteiger partial charge in [-0.2, -0.15) is 0 Å². The second-order valence-electron chi connectivity index (χ2n) is 4.17. The summed E-state index contributed by atoms with van der Waals surface area (Å²) in [5.74, 6) is 0.111. The van der Waals surface area contributed by atoms with Gasteiger partial charge in [0.15, 0.2) is 5.78 Å². The molecule has 0 aliphatic carbocycles. The third kappa shape index (κ3) is 3.69.